The van der Waals surface area contributed by atoms with Gasteiger partial charge in [-0.25, -0.2) is 4.98 Å². The predicted molar refractivity (Wildman–Crippen MR) is 88.8 cm³/mol. The quantitative estimate of drug-likeness (QED) is 0.805. The largest absolute Gasteiger partial charge is 0.497 e. The van der Waals surface area contributed by atoms with Gasteiger partial charge in [-0.15, -0.1) is 0 Å². The number of ether oxygens (including phenoxy) is 1. The van der Waals surface area contributed by atoms with Crippen LogP contribution < -0.4 is 10.1 Å². The third kappa shape index (κ3) is 3.18. The number of hydrogen-bond donors (Lipinski definition) is 1. The van der Waals surface area contributed by atoms with Gasteiger partial charge in [0.2, 0.25) is 0 Å². The molecule has 1 aromatic carbocycles. The van der Waals surface area contributed by atoms with Crippen molar-refractivity contribution in [1.82, 2.24) is 14.7 Å². The Labute approximate surface area is 134 Å². The first kappa shape index (κ1) is 15.1. The van der Waals surface area contributed by atoms with Crippen LogP contribution >= 0.6 is 0 Å². The van der Waals surface area contributed by atoms with Crippen molar-refractivity contribution in [2.45, 2.75) is 19.9 Å². The van der Waals surface area contributed by atoms with Gasteiger partial charge in [-0.2, -0.15) is 0 Å². The minimum Gasteiger partial charge on any atom is -0.497 e. The van der Waals surface area contributed by atoms with Crippen molar-refractivity contribution < 1.29 is 9.53 Å². The summed E-state index contributed by atoms with van der Waals surface area (Å²) in [6, 6.07) is 11.2. The van der Waals surface area contributed by atoms with E-state index in [2.05, 4.69) is 10.3 Å². The Morgan fingerprint density at radius 3 is 2.87 bits per heavy atom. The molecule has 2 aromatic heterocycles. The molecule has 3 aromatic rings. The van der Waals surface area contributed by atoms with E-state index in [1.54, 1.807) is 19.4 Å². The molecule has 0 spiro atoms. The fraction of sp³-hybridized carbons (Fsp3) is 0.222. The number of amides is 1. The molecule has 5 heteroatoms. The molecular weight excluding hydrogens is 290 g/mol. The molecule has 23 heavy (non-hydrogen) atoms. The molecule has 3 rings (SSSR count). The molecule has 2 heterocycles. The van der Waals surface area contributed by atoms with Gasteiger partial charge in [0.1, 0.15) is 11.4 Å². The van der Waals surface area contributed by atoms with E-state index in [4.69, 9.17) is 4.74 Å². The van der Waals surface area contributed by atoms with Crippen molar-refractivity contribution in [3.63, 3.8) is 0 Å². The Hall–Kier alpha value is -2.82. The van der Waals surface area contributed by atoms with Gasteiger partial charge in [0.05, 0.1) is 24.4 Å². The van der Waals surface area contributed by atoms with Gasteiger partial charge in [0, 0.05) is 12.4 Å². The van der Waals surface area contributed by atoms with Crippen LogP contribution in [0, 0.1) is 6.92 Å². The summed E-state index contributed by atoms with van der Waals surface area (Å²) in [5.41, 5.74) is 3.36. The molecule has 1 N–H and O–H groups in total. The van der Waals surface area contributed by atoms with Crippen LogP contribution in [0.4, 0.5) is 0 Å². The molecule has 5 nitrogen and oxygen atoms in total. The van der Waals surface area contributed by atoms with Gasteiger partial charge in [-0.1, -0.05) is 12.1 Å². The average Bonchev–Trinajstić information content (AvgIpc) is 2.93. The smallest absolute Gasteiger partial charge is 0.253 e. The zero-order chi connectivity index (χ0) is 16.4. The molecule has 118 valence electrons. The van der Waals surface area contributed by atoms with Gasteiger partial charge < -0.3 is 14.5 Å². The standard InChI is InChI=1S/C18H19N3O2/c1-12-10-21-11-15(7-8-17(21)19-12)18(22)20-13(2)14-5-4-6-16(9-14)23-3/h4-11,13H,1-3H3,(H,20,22)/t13-/m0/s1. The highest BCUT2D eigenvalue weighted by atomic mass is 16.5. The van der Waals surface area contributed by atoms with Gasteiger partial charge >= 0.3 is 0 Å². The highest BCUT2D eigenvalue weighted by molar-refractivity contribution is 5.94. The van der Waals surface area contributed by atoms with E-state index >= 15 is 0 Å². The highest BCUT2D eigenvalue weighted by Crippen LogP contribution is 2.19. The fourth-order valence-electron chi connectivity index (χ4n) is 2.53. The zero-order valence-corrected chi connectivity index (χ0v) is 13.4. The van der Waals surface area contributed by atoms with Crippen LogP contribution in [0.5, 0.6) is 5.75 Å². The van der Waals surface area contributed by atoms with Crippen LogP contribution in [0.3, 0.4) is 0 Å². The molecule has 0 saturated heterocycles. The lowest BCUT2D eigenvalue weighted by atomic mass is 10.1. The molecule has 0 fully saturated rings. The lowest BCUT2D eigenvalue weighted by Gasteiger charge is -2.15. The molecule has 0 aliphatic heterocycles. The van der Waals surface area contributed by atoms with E-state index in [-0.39, 0.29) is 11.9 Å². The first-order valence-corrected chi connectivity index (χ1v) is 7.47. The van der Waals surface area contributed by atoms with E-state index < -0.39 is 0 Å². The second kappa shape index (κ2) is 6.12. The summed E-state index contributed by atoms with van der Waals surface area (Å²) in [5, 5.41) is 3.01. The van der Waals surface area contributed by atoms with Crippen molar-refractivity contribution in [3.05, 3.63) is 65.6 Å². The molecular formula is C18H19N3O2. The molecule has 1 amide bonds. The number of nitrogens with one attached hydrogen (secondary N) is 1. The van der Waals surface area contributed by atoms with Crippen molar-refractivity contribution in [2.24, 2.45) is 0 Å². The number of benzene rings is 1. The summed E-state index contributed by atoms with van der Waals surface area (Å²) in [5.74, 6) is 0.660. The van der Waals surface area contributed by atoms with Gasteiger partial charge in [-0.3, -0.25) is 4.79 Å². The molecule has 0 unspecified atom stereocenters. The van der Waals surface area contributed by atoms with Crippen molar-refractivity contribution in [3.8, 4) is 5.75 Å². The summed E-state index contributed by atoms with van der Waals surface area (Å²) < 4.78 is 7.08. The van der Waals surface area contributed by atoms with Crippen molar-refractivity contribution >= 4 is 11.6 Å². The lowest BCUT2D eigenvalue weighted by molar-refractivity contribution is 0.0939. The summed E-state index contributed by atoms with van der Waals surface area (Å²) in [7, 11) is 1.63. The topological polar surface area (TPSA) is 55.6 Å². The minimum absolute atomic E-state index is 0.113. The number of rotatable bonds is 4. The predicted octanol–water partition coefficient (Wildman–Crippen LogP) is 3.14. The number of aromatic nitrogens is 2. The first-order valence-electron chi connectivity index (χ1n) is 7.47. The van der Waals surface area contributed by atoms with Gasteiger partial charge in [0.15, 0.2) is 0 Å². The average molecular weight is 309 g/mol. The number of carbonyl (C=O) groups is 1. The number of aryl methyl sites for hydroxylation is 1. The number of methoxy groups -OCH3 is 1. The Bertz CT molecular complexity index is 854. The number of imidazole rings is 1. The number of carbonyl (C=O) groups excluding carboxylic acids is 1. The van der Waals surface area contributed by atoms with Crippen molar-refractivity contribution in [2.75, 3.05) is 7.11 Å². The molecule has 1 atom stereocenters. The summed E-state index contributed by atoms with van der Waals surface area (Å²) >= 11 is 0. The third-order valence-corrected chi connectivity index (χ3v) is 3.78. The van der Waals surface area contributed by atoms with Crippen LogP contribution in [-0.2, 0) is 0 Å². The number of hydrogen-bond acceptors (Lipinski definition) is 3. The first-order chi connectivity index (χ1) is 11.1. The maximum atomic E-state index is 12.5. The second-order valence-electron chi connectivity index (χ2n) is 5.54. The van der Waals surface area contributed by atoms with Crippen LogP contribution in [0.2, 0.25) is 0 Å². The number of pyridine rings is 1. The Balaban J connectivity index is 1.78. The molecule has 0 aliphatic carbocycles. The van der Waals surface area contributed by atoms with Crippen LogP contribution in [0.25, 0.3) is 5.65 Å². The maximum Gasteiger partial charge on any atom is 0.253 e. The zero-order valence-electron chi connectivity index (χ0n) is 13.4. The SMILES string of the molecule is COc1cccc([C@H](C)NC(=O)c2ccc3nc(C)cn3c2)c1. The molecule has 0 bridgehead atoms. The summed E-state index contributed by atoms with van der Waals surface area (Å²) in [6.45, 7) is 3.88. The number of fused-ring (bicyclic) bond motifs is 1. The third-order valence-electron chi connectivity index (χ3n) is 3.78. The number of nitrogens with zero attached hydrogens (tertiary/aromatic N) is 2. The van der Waals surface area contributed by atoms with Crippen LogP contribution in [0.1, 0.15) is 34.6 Å². The Kier molecular flexibility index (Phi) is 4.02. The van der Waals surface area contributed by atoms with Crippen LogP contribution in [0.15, 0.2) is 48.8 Å². The van der Waals surface area contributed by atoms with E-state index in [9.17, 15) is 4.79 Å². The second-order valence-corrected chi connectivity index (χ2v) is 5.54. The van der Waals surface area contributed by atoms with Crippen molar-refractivity contribution in [1.29, 1.82) is 0 Å². The summed E-state index contributed by atoms with van der Waals surface area (Å²) in [6.07, 6.45) is 3.70. The molecule has 0 radical (unpaired) electrons. The van der Waals surface area contributed by atoms with E-state index in [0.717, 1.165) is 22.7 Å². The monoisotopic (exact) mass is 309 g/mol. The maximum absolute atomic E-state index is 12.5. The molecule has 0 aliphatic rings. The Morgan fingerprint density at radius 1 is 1.26 bits per heavy atom. The molecule has 0 saturated carbocycles. The summed E-state index contributed by atoms with van der Waals surface area (Å²) in [4.78, 5) is 16.8. The van der Waals surface area contributed by atoms with Gasteiger partial charge in [0.25, 0.3) is 5.91 Å². The van der Waals surface area contributed by atoms with Crippen LogP contribution in [-0.4, -0.2) is 22.4 Å². The van der Waals surface area contributed by atoms with E-state index in [1.807, 2.05) is 54.8 Å². The van der Waals surface area contributed by atoms with E-state index in [1.165, 1.54) is 0 Å². The normalized spacial score (nSPS) is 12.1. The fourth-order valence-corrected chi connectivity index (χ4v) is 2.53. The Morgan fingerprint density at radius 2 is 2.09 bits per heavy atom. The highest BCUT2D eigenvalue weighted by Gasteiger charge is 2.13. The van der Waals surface area contributed by atoms with E-state index in [0.29, 0.717) is 5.56 Å². The van der Waals surface area contributed by atoms with Gasteiger partial charge in [-0.05, 0) is 43.7 Å². The lowest BCUT2D eigenvalue weighted by Crippen LogP contribution is -2.26. The minimum atomic E-state index is -0.117.